The minimum Gasteiger partial charge on any atom is -0.486 e. The summed E-state index contributed by atoms with van der Waals surface area (Å²) in [6.45, 7) is 6.47. The molecule has 4 N–H and O–H groups in total. The largest absolute Gasteiger partial charge is 0.486 e. The first kappa shape index (κ1) is 29.6. The molecule has 2 aromatic heterocycles. The van der Waals surface area contributed by atoms with Gasteiger partial charge in [-0.3, -0.25) is 4.79 Å². The molecule has 0 unspecified atom stereocenters. The number of aliphatic hydroxyl groups is 1. The predicted octanol–water partition coefficient (Wildman–Crippen LogP) is 5.86. The topological polar surface area (TPSA) is 114 Å². The van der Waals surface area contributed by atoms with Crippen molar-refractivity contribution < 1.29 is 25.3 Å². The second-order valence-corrected chi connectivity index (χ2v) is 5.24. The second-order valence-electron chi connectivity index (χ2n) is 2.60. The molecule has 0 bridgehead atoms. The highest BCUT2D eigenvalue weighted by molar-refractivity contribution is 14.1. The zero-order valence-electron chi connectivity index (χ0n) is 13.8. The Kier molecular flexibility index (Phi) is 34.0. The number of aldehydes is 1. The summed E-state index contributed by atoms with van der Waals surface area (Å²) < 4.78 is 17.2. The lowest BCUT2D eigenvalue weighted by Gasteiger charge is -1.68. The first-order valence-electron chi connectivity index (χ1n) is 6.18. The highest BCUT2D eigenvalue weighted by atomic mass is 127. The molecule has 0 aliphatic heterocycles. The van der Waals surface area contributed by atoms with E-state index in [1.54, 1.807) is 12.1 Å². The van der Waals surface area contributed by atoms with Crippen molar-refractivity contribution in [1.29, 1.82) is 0 Å². The van der Waals surface area contributed by atoms with Crippen LogP contribution in [0.4, 0.5) is 5.88 Å². The normalized spacial score (nSPS) is 7.60. The van der Waals surface area contributed by atoms with Crippen LogP contribution in [-0.4, -0.2) is 34.0 Å². The van der Waals surface area contributed by atoms with E-state index in [4.69, 9.17) is 50.3 Å². The van der Waals surface area contributed by atoms with Gasteiger partial charge in [-0.05, 0) is 36.8 Å². The van der Waals surface area contributed by atoms with E-state index < -0.39 is 0 Å². The Morgan fingerprint density at radius 2 is 1.72 bits per heavy atom. The van der Waals surface area contributed by atoms with Crippen LogP contribution >= 0.6 is 77.7 Å². The summed E-state index contributed by atoms with van der Waals surface area (Å²) in [6.07, 6.45) is 3.60. The van der Waals surface area contributed by atoms with Gasteiger partial charge < -0.3 is 19.1 Å². The number of hydrogen-bond acceptors (Lipinski definition) is 6. The predicted molar refractivity (Wildman–Crippen MR) is 115 cm³/mol. The monoisotopic (exact) mass is 637 g/mol. The van der Waals surface area contributed by atoms with Crippen molar-refractivity contribution in [2.75, 3.05) is 17.4 Å². The molecule has 0 aromatic carbocycles. The van der Waals surface area contributed by atoms with Crippen molar-refractivity contribution in [1.82, 2.24) is 0 Å². The minimum absolute atomic E-state index is 0.194. The van der Waals surface area contributed by atoms with Crippen molar-refractivity contribution in [3.63, 3.8) is 0 Å². The van der Waals surface area contributed by atoms with Gasteiger partial charge in [0.2, 0.25) is 0 Å². The molecule has 7 nitrogen and oxygen atoms in total. The molecule has 12 heteroatoms. The van der Waals surface area contributed by atoms with Gasteiger partial charge in [-0.1, -0.05) is 22.6 Å². The fraction of sp³-hybridized carbons (Fsp3) is 0.231. The third kappa shape index (κ3) is 23.9. The maximum absolute atomic E-state index is 9.91. The first-order valence-corrected chi connectivity index (χ1v) is 9.65. The Balaban J connectivity index is -0.000000126. The molecule has 0 saturated heterocycles. The molecule has 0 amide bonds. The summed E-state index contributed by atoms with van der Waals surface area (Å²) in [4.78, 5) is 13.4. The molecule has 25 heavy (non-hydrogen) atoms. The summed E-state index contributed by atoms with van der Waals surface area (Å²) in [5, 5.41) is 13.7. The van der Waals surface area contributed by atoms with Gasteiger partial charge in [0.25, 0.3) is 0 Å². The van der Waals surface area contributed by atoms with E-state index in [9.17, 15) is 4.79 Å². The number of furan rings is 2. The average molecular weight is 640 g/mol. The molecular weight excluding hydrogens is 622 g/mol. The van der Waals surface area contributed by atoms with Gasteiger partial charge in [-0.15, -0.1) is 23.2 Å². The van der Waals surface area contributed by atoms with E-state index in [1.807, 2.05) is 22.6 Å². The van der Waals surface area contributed by atoms with Crippen LogP contribution in [0.2, 0.25) is 0 Å². The van der Waals surface area contributed by atoms with Crippen LogP contribution in [0.15, 0.2) is 42.4 Å². The van der Waals surface area contributed by atoms with Crippen molar-refractivity contribution in [3.05, 3.63) is 50.8 Å². The van der Waals surface area contributed by atoms with Crippen LogP contribution in [-0.2, 0) is 0 Å². The Morgan fingerprint density at radius 1 is 1.32 bits per heavy atom. The van der Waals surface area contributed by atoms with Gasteiger partial charge >= 0.3 is 5.88 Å². The molecule has 2 aromatic rings. The molecule has 2 heterocycles. The zero-order valence-corrected chi connectivity index (χ0v) is 19.7. The van der Waals surface area contributed by atoms with Gasteiger partial charge in [0, 0.05) is 25.1 Å². The summed E-state index contributed by atoms with van der Waals surface area (Å²) in [7, 11) is 1.00. The summed E-state index contributed by atoms with van der Waals surface area (Å²) >= 11 is 17.7. The molecular formula is C13H17Br2Cl2IN2O5. The second kappa shape index (κ2) is 28.7. The number of hydrogen-bond donors (Lipinski definition) is 3. The third-order valence-corrected chi connectivity index (χ3v) is 2.20. The third-order valence-electron chi connectivity index (χ3n) is 1.37. The quantitative estimate of drug-likeness (QED) is 0.118. The standard InChI is InChI=1S/C5H2BrNO.C5H3BrO2.CH2Cl2.CH3I.CH4O.H3NO/c1-7-5-2-4(6)3-8-5;6-4-1-5(2-7)8-3-4;2-1-3;3*1-2/h2-3H;1-3H;1H2;1H3;2H,1H3;2H,1H2/i;;;1D;;. The lowest BCUT2D eigenvalue weighted by molar-refractivity contribution is 0.110. The molecule has 2 rings (SSSR count). The first-order chi connectivity index (χ1) is 12.5. The van der Waals surface area contributed by atoms with Crippen LogP contribution < -0.4 is 5.90 Å². The highest BCUT2D eigenvalue weighted by Gasteiger charge is 1.94. The van der Waals surface area contributed by atoms with E-state index >= 15 is 0 Å². The summed E-state index contributed by atoms with van der Waals surface area (Å²) in [5.74, 6) is 4.16. The Morgan fingerprint density at radius 3 is 1.88 bits per heavy atom. The molecule has 144 valence electrons. The maximum atomic E-state index is 9.91. The lowest BCUT2D eigenvalue weighted by Crippen LogP contribution is -1.72. The van der Waals surface area contributed by atoms with Gasteiger partial charge in [-0.25, -0.2) is 5.90 Å². The van der Waals surface area contributed by atoms with E-state index in [2.05, 4.69) is 42.6 Å². The number of nitrogens with two attached hydrogens (primary N) is 1. The molecule has 0 saturated carbocycles. The summed E-state index contributed by atoms with van der Waals surface area (Å²) in [5.41, 5.74) is 0. The van der Waals surface area contributed by atoms with Gasteiger partial charge in [0.05, 0.1) is 22.6 Å². The van der Waals surface area contributed by atoms with Gasteiger partial charge in [-0.2, -0.15) is 4.85 Å². The fourth-order valence-electron chi connectivity index (χ4n) is 0.751. The van der Waals surface area contributed by atoms with Crippen LogP contribution in [0.3, 0.4) is 0 Å². The Hall–Kier alpha value is -0.130. The molecule has 0 aliphatic rings. The van der Waals surface area contributed by atoms with Crippen LogP contribution in [0.5, 0.6) is 0 Å². The number of nitrogens with zero attached hydrogens (tertiary/aromatic N) is 1. The van der Waals surface area contributed by atoms with E-state index in [-0.39, 0.29) is 5.34 Å². The van der Waals surface area contributed by atoms with Crippen LogP contribution in [0.1, 0.15) is 11.9 Å². The SMILES string of the molecule is CO.ClCCl.NO.O=Cc1cc(Br)co1.[2H]CI.[C-]#[N+]c1cc(Br)co1. The van der Waals surface area contributed by atoms with Crippen molar-refractivity contribution in [3.8, 4) is 0 Å². The molecule has 0 atom stereocenters. The Bertz CT molecular complexity index is 569. The van der Waals surface area contributed by atoms with Crippen molar-refractivity contribution >= 4 is 89.8 Å². The molecule has 0 spiro atoms. The lowest BCUT2D eigenvalue weighted by atomic mass is 10.5. The fourth-order valence-corrected chi connectivity index (χ4v) is 1.36. The molecule has 0 fully saturated rings. The minimum atomic E-state index is 0.194. The Labute approximate surface area is 188 Å². The van der Waals surface area contributed by atoms with Gasteiger partial charge in [0.15, 0.2) is 12.0 Å². The zero-order chi connectivity index (χ0) is 21.4. The number of carbonyl (C=O) groups is 1. The maximum Gasteiger partial charge on any atom is 0.346 e. The number of rotatable bonds is 1. The van der Waals surface area contributed by atoms with Crippen molar-refractivity contribution in [2.24, 2.45) is 5.90 Å². The summed E-state index contributed by atoms with van der Waals surface area (Å²) in [6, 6.07) is 3.22. The number of alkyl halides is 3. The van der Waals surface area contributed by atoms with E-state index in [1.165, 1.54) is 12.5 Å². The molecule has 0 radical (unpaired) electrons. The van der Waals surface area contributed by atoms with E-state index in [0.29, 0.717) is 22.8 Å². The molecule has 0 aliphatic carbocycles. The van der Waals surface area contributed by atoms with E-state index in [0.717, 1.165) is 16.1 Å². The number of carbonyl (C=O) groups excluding carboxylic acids is 1. The van der Waals surface area contributed by atoms with Gasteiger partial charge in [0.1, 0.15) is 6.26 Å². The van der Waals surface area contributed by atoms with Crippen LogP contribution in [0.25, 0.3) is 4.85 Å². The van der Waals surface area contributed by atoms with Crippen LogP contribution in [0, 0.1) is 6.57 Å². The smallest absolute Gasteiger partial charge is 0.346 e. The van der Waals surface area contributed by atoms with Crippen molar-refractivity contribution in [2.45, 2.75) is 0 Å². The average Bonchev–Trinajstić information content (AvgIpc) is 3.28. The number of aliphatic hydroxyl groups excluding tert-OH is 1. The highest BCUT2D eigenvalue weighted by Crippen LogP contribution is 2.20. The number of halogens is 5.